The first-order chi connectivity index (χ1) is 12.8. The normalized spacial score (nSPS) is 15.3. The SMILES string of the molecule is Nc1c(C2CCCCC2)cccc1P(c1ccccc1)c1ccccc1. The highest BCUT2D eigenvalue weighted by Gasteiger charge is 2.23. The van der Waals surface area contributed by atoms with Crippen molar-refractivity contribution in [1.29, 1.82) is 0 Å². The number of anilines is 1. The summed E-state index contributed by atoms with van der Waals surface area (Å²) in [5.41, 5.74) is 9.21. The van der Waals surface area contributed by atoms with Crippen LogP contribution in [0.3, 0.4) is 0 Å². The molecule has 0 atom stereocenters. The molecule has 1 fully saturated rings. The van der Waals surface area contributed by atoms with Crippen molar-refractivity contribution >= 4 is 29.5 Å². The standard InChI is InChI=1S/C24H26NP/c25-24-22(19-11-4-1-5-12-19)17-10-18-23(24)26(20-13-6-2-7-14-20)21-15-8-3-9-16-21/h2-3,6-10,13-19H,1,4-5,11-12,25H2. The van der Waals surface area contributed by atoms with E-state index in [1.807, 2.05) is 0 Å². The number of nitrogen functional groups attached to an aromatic ring is 1. The molecule has 0 aromatic heterocycles. The molecule has 0 bridgehead atoms. The van der Waals surface area contributed by atoms with Crippen molar-refractivity contribution < 1.29 is 0 Å². The molecule has 1 saturated carbocycles. The van der Waals surface area contributed by atoms with E-state index in [0.29, 0.717) is 5.92 Å². The van der Waals surface area contributed by atoms with E-state index < -0.39 is 7.92 Å². The summed E-state index contributed by atoms with van der Waals surface area (Å²) in [7, 11) is -0.629. The quantitative estimate of drug-likeness (QED) is 0.510. The largest absolute Gasteiger partial charge is 0.398 e. The van der Waals surface area contributed by atoms with Crippen molar-refractivity contribution in [3.63, 3.8) is 0 Å². The molecule has 0 unspecified atom stereocenters. The summed E-state index contributed by atoms with van der Waals surface area (Å²) in [5, 5.41) is 4.03. The van der Waals surface area contributed by atoms with Crippen LogP contribution in [0.25, 0.3) is 0 Å². The molecule has 0 heterocycles. The van der Waals surface area contributed by atoms with Crippen LogP contribution in [-0.4, -0.2) is 0 Å². The third-order valence-corrected chi connectivity index (χ3v) is 7.93. The zero-order valence-corrected chi connectivity index (χ0v) is 16.0. The fourth-order valence-corrected chi connectivity index (χ4v) is 6.52. The molecule has 1 nitrogen and oxygen atoms in total. The van der Waals surface area contributed by atoms with Gasteiger partial charge in [0.15, 0.2) is 0 Å². The highest BCUT2D eigenvalue weighted by Crippen LogP contribution is 2.40. The molecule has 132 valence electrons. The van der Waals surface area contributed by atoms with E-state index in [0.717, 1.165) is 5.69 Å². The van der Waals surface area contributed by atoms with Crippen LogP contribution >= 0.6 is 7.92 Å². The molecular formula is C24H26NP. The van der Waals surface area contributed by atoms with Crippen molar-refractivity contribution in [3.8, 4) is 0 Å². The first kappa shape index (κ1) is 17.3. The second kappa shape index (κ2) is 8.06. The number of hydrogen-bond acceptors (Lipinski definition) is 1. The zero-order valence-electron chi connectivity index (χ0n) is 15.1. The maximum atomic E-state index is 6.81. The molecule has 3 aromatic rings. The first-order valence-electron chi connectivity index (χ1n) is 9.63. The van der Waals surface area contributed by atoms with E-state index in [4.69, 9.17) is 5.73 Å². The van der Waals surface area contributed by atoms with E-state index in [9.17, 15) is 0 Å². The van der Waals surface area contributed by atoms with Crippen LogP contribution in [0.15, 0.2) is 78.9 Å². The lowest BCUT2D eigenvalue weighted by atomic mass is 9.83. The summed E-state index contributed by atoms with van der Waals surface area (Å²) in [6.07, 6.45) is 6.60. The highest BCUT2D eigenvalue weighted by atomic mass is 31.1. The van der Waals surface area contributed by atoms with E-state index in [-0.39, 0.29) is 0 Å². The Bertz CT molecular complexity index is 799. The van der Waals surface area contributed by atoms with Gasteiger partial charge in [-0.2, -0.15) is 0 Å². The lowest BCUT2D eigenvalue weighted by molar-refractivity contribution is 0.444. The number of para-hydroxylation sites is 1. The summed E-state index contributed by atoms with van der Waals surface area (Å²) in [6, 6.07) is 28.4. The fraction of sp³-hybridized carbons (Fsp3) is 0.250. The van der Waals surface area contributed by atoms with Crippen LogP contribution < -0.4 is 21.6 Å². The van der Waals surface area contributed by atoms with Gasteiger partial charge < -0.3 is 5.73 Å². The molecule has 0 spiro atoms. The van der Waals surface area contributed by atoms with Crippen LogP contribution in [-0.2, 0) is 0 Å². The van der Waals surface area contributed by atoms with Crippen molar-refractivity contribution in [3.05, 3.63) is 84.4 Å². The van der Waals surface area contributed by atoms with Crippen molar-refractivity contribution in [2.75, 3.05) is 5.73 Å². The van der Waals surface area contributed by atoms with Gasteiger partial charge in [-0.05, 0) is 42.9 Å². The predicted molar refractivity (Wildman–Crippen MR) is 115 cm³/mol. The van der Waals surface area contributed by atoms with Gasteiger partial charge in [0.2, 0.25) is 0 Å². The molecule has 0 aliphatic heterocycles. The van der Waals surface area contributed by atoms with Crippen molar-refractivity contribution in [1.82, 2.24) is 0 Å². The number of nitrogens with two attached hydrogens (primary N) is 1. The molecule has 3 aromatic carbocycles. The Balaban J connectivity index is 1.81. The molecule has 0 radical (unpaired) electrons. The van der Waals surface area contributed by atoms with E-state index in [2.05, 4.69) is 78.9 Å². The maximum absolute atomic E-state index is 6.81. The van der Waals surface area contributed by atoms with Crippen LogP contribution in [0.5, 0.6) is 0 Å². The lowest BCUT2D eigenvalue weighted by Crippen LogP contribution is -2.24. The molecule has 2 heteroatoms. The maximum Gasteiger partial charge on any atom is 0.0434 e. The van der Waals surface area contributed by atoms with Gasteiger partial charge in [-0.3, -0.25) is 0 Å². The smallest absolute Gasteiger partial charge is 0.0434 e. The van der Waals surface area contributed by atoms with E-state index in [1.165, 1.54) is 53.6 Å². The molecule has 26 heavy (non-hydrogen) atoms. The molecule has 1 aliphatic rings. The van der Waals surface area contributed by atoms with Gasteiger partial charge in [0, 0.05) is 11.0 Å². The summed E-state index contributed by atoms with van der Waals surface area (Å²) in [4.78, 5) is 0. The van der Waals surface area contributed by atoms with Gasteiger partial charge in [-0.25, -0.2) is 0 Å². The average molecular weight is 359 g/mol. The average Bonchev–Trinajstić information content (AvgIpc) is 2.72. The number of rotatable bonds is 4. The minimum absolute atomic E-state index is 0.629. The van der Waals surface area contributed by atoms with Gasteiger partial charge in [0.05, 0.1) is 0 Å². The van der Waals surface area contributed by atoms with E-state index in [1.54, 1.807) is 0 Å². The Morgan fingerprint density at radius 3 is 1.81 bits per heavy atom. The Kier molecular flexibility index (Phi) is 5.37. The highest BCUT2D eigenvalue weighted by molar-refractivity contribution is 7.80. The molecule has 1 aliphatic carbocycles. The summed E-state index contributed by atoms with van der Waals surface area (Å²) in [5.74, 6) is 0.632. The second-order valence-corrected chi connectivity index (χ2v) is 9.31. The number of hydrogen-bond donors (Lipinski definition) is 1. The predicted octanol–water partition coefficient (Wildman–Crippen LogP) is 5.07. The van der Waals surface area contributed by atoms with Crippen LogP contribution in [0.2, 0.25) is 0 Å². The topological polar surface area (TPSA) is 26.0 Å². The van der Waals surface area contributed by atoms with E-state index >= 15 is 0 Å². The zero-order chi connectivity index (χ0) is 17.8. The van der Waals surface area contributed by atoms with Gasteiger partial charge in [0.25, 0.3) is 0 Å². The summed E-state index contributed by atoms with van der Waals surface area (Å²) in [6.45, 7) is 0. The molecule has 4 rings (SSSR count). The molecule has 2 N–H and O–H groups in total. The Morgan fingerprint density at radius 2 is 1.23 bits per heavy atom. The summed E-state index contributed by atoms with van der Waals surface area (Å²) >= 11 is 0. The van der Waals surface area contributed by atoms with Crippen LogP contribution in [0.4, 0.5) is 5.69 Å². The molecular weight excluding hydrogens is 333 g/mol. The Morgan fingerprint density at radius 1 is 0.654 bits per heavy atom. The Hall–Kier alpha value is -2.11. The number of benzene rings is 3. The van der Waals surface area contributed by atoms with Gasteiger partial charge in [0.1, 0.15) is 0 Å². The van der Waals surface area contributed by atoms with Crippen molar-refractivity contribution in [2.24, 2.45) is 0 Å². The fourth-order valence-electron chi connectivity index (χ4n) is 4.12. The minimum atomic E-state index is -0.629. The molecule has 0 amide bonds. The third kappa shape index (κ3) is 3.55. The second-order valence-electron chi connectivity index (χ2n) is 7.12. The molecule has 0 saturated heterocycles. The van der Waals surface area contributed by atoms with Gasteiger partial charge >= 0.3 is 0 Å². The van der Waals surface area contributed by atoms with Crippen LogP contribution in [0, 0.1) is 0 Å². The van der Waals surface area contributed by atoms with Gasteiger partial charge in [-0.1, -0.05) is 98.1 Å². The summed E-state index contributed by atoms with van der Waals surface area (Å²) < 4.78 is 0. The first-order valence-corrected chi connectivity index (χ1v) is 11.0. The van der Waals surface area contributed by atoms with Crippen molar-refractivity contribution in [2.45, 2.75) is 38.0 Å². The Labute approximate surface area is 158 Å². The monoisotopic (exact) mass is 359 g/mol. The third-order valence-electron chi connectivity index (χ3n) is 5.43. The minimum Gasteiger partial charge on any atom is -0.398 e. The van der Waals surface area contributed by atoms with Gasteiger partial charge in [-0.15, -0.1) is 0 Å². The lowest BCUT2D eigenvalue weighted by Gasteiger charge is -2.27. The van der Waals surface area contributed by atoms with Crippen LogP contribution in [0.1, 0.15) is 43.6 Å².